The molecule has 0 aliphatic carbocycles. The third-order valence-corrected chi connectivity index (χ3v) is 4.28. The normalized spacial score (nSPS) is 21.5. The summed E-state index contributed by atoms with van der Waals surface area (Å²) in [6.07, 6.45) is 8.11. The molecule has 5 nitrogen and oxygen atoms in total. The maximum atomic E-state index is 5.61. The SMILES string of the molecule is CN1CCCC(CNC(c2ccco2)c2nccn2C)C1. The number of aromatic nitrogens is 2. The van der Waals surface area contributed by atoms with Crippen LogP contribution in [-0.4, -0.2) is 41.1 Å². The van der Waals surface area contributed by atoms with Gasteiger partial charge in [0.15, 0.2) is 0 Å². The van der Waals surface area contributed by atoms with Gasteiger partial charge >= 0.3 is 0 Å². The number of likely N-dealkylation sites (tertiary alicyclic amines) is 1. The van der Waals surface area contributed by atoms with Gasteiger partial charge in [-0.2, -0.15) is 0 Å². The van der Waals surface area contributed by atoms with Crippen molar-refractivity contribution < 1.29 is 4.42 Å². The van der Waals surface area contributed by atoms with Crippen molar-refractivity contribution in [2.45, 2.75) is 18.9 Å². The minimum Gasteiger partial charge on any atom is -0.467 e. The Balaban J connectivity index is 1.70. The van der Waals surface area contributed by atoms with E-state index in [0.29, 0.717) is 5.92 Å². The Labute approximate surface area is 126 Å². The molecule has 1 aliphatic rings. The van der Waals surface area contributed by atoms with Crippen molar-refractivity contribution in [3.63, 3.8) is 0 Å². The van der Waals surface area contributed by atoms with Gasteiger partial charge in [-0.1, -0.05) is 0 Å². The number of aryl methyl sites for hydroxylation is 1. The van der Waals surface area contributed by atoms with Gasteiger partial charge in [0.1, 0.15) is 17.6 Å². The van der Waals surface area contributed by atoms with Crippen LogP contribution in [-0.2, 0) is 7.05 Å². The van der Waals surface area contributed by atoms with E-state index in [1.165, 1.54) is 25.9 Å². The van der Waals surface area contributed by atoms with Crippen LogP contribution >= 0.6 is 0 Å². The zero-order chi connectivity index (χ0) is 14.7. The van der Waals surface area contributed by atoms with Crippen molar-refractivity contribution in [1.29, 1.82) is 0 Å². The van der Waals surface area contributed by atoms with Gasteiger partial charge in [-0.05, 0) is 44.5 Å². The van der Waals surface area contributed by atoms with Crippen molar-refractivity contribution in [1.82, 2.24) is 19.8 Å². The summed E-state index contributed by atoms with van der Waals surface area (Å²) < 4.78 is 7.66. The molecular formula is C16H24N4O. The lowest BCUT2D eigenvalue weighted by molar-refractivity contribution is 0.202. The molecule has 3 rings (SSSR count). The van der Waals surface area contributed by atoms with Gasteiger partial charge < -0.3 is 19.2 Å². The fourth-order valence-electron chi connectivity index (χ4n) is 3.15. The van der Waals surface area contributed by atoms with E-state index in [1.54, 1.807) is 6.26 Å². The number of furan rings is 1. The predicted octanol–water partition coefficient (Wildman–Crippen LogP) is 2.03. The minimum atomic E-state index is 0.0206. The van der Waals surface area contributed by atoms with Crippen LogP contribution in [0.2, 0.25) is 0 Å². The number of imidazole rings is 1. The summed E-state index contributed by atoms with van der Waals surface area (Å²) in [6.45, 7) is 3.37. The molecule has 0 radical (unpaired) electrons. The molecule has 1 saturated heterocycles. The molecule has 3 heterocycles. The predicted molar refractivity (Wildman–Crippen MR) is 82.0 cm³/mol. The standard InChI is InChI=1S/C16H24N4O/c1-19-8-3-5-13(12-19)11-18-15(14-6-4-10-21-14)16-17-7-9-20(16)2/h4,6-7,9-10,13,15,18H,3,5,8,11-12H2,1-2H3. The van der Waals surface area contributed by atoms with Gasteiger partial charge in [0.25, 0.3) is 0 Å². The molecular weight excluding hydrogens is 264 g/mol. The summed E-state index contributed by atoms with van der Waals surface area (Å²) in [7, 11) is 4.23. The summed E-state index contributed by atoms with van der Waals surface area (Å²) in [5.41, 5.74) is 0. The number of piperidine rings is 1. The highest BCUT2D eigenvalue weighted by atomic mass is 16.3. The van der Waals surface area contributed by atoms with E-state index < -0.39 is 0 Å². The molecule has 1 N–H and O–H groups in total. The fourth-order valence-corrected chi connectivity index (χ4v) is 3.15. The molecule has 2 atom stereocenters. The maximum Gasteiger partial charge on any atom is 0.133 e. The molecule has 21 heavy (non-hydrogen) atoms. The smallest absolute Gasteiger partial charge is 0.133 e. The Kier molecular flexibility index (Phi) is 4.41. The topological polar surface area (TPSA) is 46.2 Å². The number of hydrogen-bond acceptors (Lipinski definition) is 4. The largest absolute Gasteiger partial charge is 0.467 e. The highest BCUT2D eigenvalue weighted by Gasteiger charge is 2.23. The van der Waals surface area contributed by atoms with Crippen molar-refractivity contribution in [3.05, 3.63) is 42.4 Å². The van der Waals surface area contributed by atoms with E-state index in [9.17, 15) is 0 Å². The molecule has 0 aromatic carbocycles. The second kappa shape index (κ2) is 6.45. The van der Waals surface area contributed by atoms with Gasteiger partial charge in [-0.15, -0.1) is 0 Å². The summed E-state index contributed by atoms with van der Waals surface area (Å²) in [6, 6.07) is 3.97. The first-order chi connectivity index (χ1) is 10.2. The monoisotopic (exact) mass is 288 g/mol. The lowest BCUT2D eigenvalue weighted by Crippen LogP contribution is -2.38. The molecule has 2 unspecified atom stereocenters. The molecule has 0 amide bonds. The van der Waals surface area contributed by atoms with Gasteiger partial charge in [0, 0.05) is 32.5 Å². The Morgan fingerprint density at radius 1 is 1.48 bits per heavy atom. The highest BCUT2D eigenvalue weighted by molar-refractivity contribution is 5.15. The quantitative estimate of drug-likeness (QED) is 0.914. The third kappa shape index (κ3) is 3.36. The first-order valence-electron chi connectivity index (χ1n) is 7.66. The van der Waals surface area contributed by atoms with Crippen LogP contribution in [0.5, 0.6) is 0 Å². The van der Waals surface area contributed by atoms with Gasteiger partial charge in [0.05, 0.1) is 6.26 Å². The average molecular weight is 288 g/mol. The average Bonchev–Trinajstić information content (AvgIpc) is 3.12. The summed E-state index contributed by atoms with van der Waals surface area (Å²) in [5.74, 6) is 2.61. The van der Waals surface area contributed by atoms with Crippen LogP contribution < -0.4 is 5.32 Å². The summed E-state index contributed by atoms with van der Waals surface area (Å²) in [4.78, 5) is 6.90. The van der Waals surface area contributed by atoms with Gasteiger partial charge in [-0.25, -0.2) is 4.98 Å². The zero-order valence-electron chi connectivity index (χ0n) is 12.8. The molecule has 2 aromatic heterocycles. The van der Waals surface area contributed by atoms with Crippen LogP contribution in [0, 0.1) is 5.92 Å². The van der Waals surface area contributed by atoms with E-state index in [0.717, 1.165) is 18.1 Å². The Bertz CT molecular complexity index is 548. The third-order valence-electron chi connectivity index (χ3n) is 4.28. The van der Waals surface area contributed by atoms with E-state index in [2.05, 4.69) is 22.2 Å². The Morgan fingerprint density at radius 3 is 3.05 bits per heavy atom. The molecule has 5 heteroatoms. The fraction of sp³-hybridized carbons (Fsp3) is 0.562. The molecule has 0 spiro atoms. The summed E-state index contributed by atoms with van der Waals surface area (Å²) in [5, 5.41) is 3.65. The lowest BCUT2D eigenvalue weighted by atomic mass is 9.98. The van der Waals surface area contributed by atoms with Crippen LogP contribution in [0.25, 0.3) is 0 Å². The van der Waals surface area contributed by atoms with Crippen molar-refractivity contribution in [2.75, 3.05) is 26.7 Å². The first kappa shape index (κ1) is 14.4. The zero-order valence-corrected chi connectivity index (χ0v) is 12.8. The minimum absolute atomic E-state index is 0.0206. The van der Waals surface area contributed by atoms with Crippen LogP contribution in [0.4, 0.5) is 0 Å². The van der Waals surface area contributed by atoms with Crippen molar-refractivity contribution in [3.8, 4) is 0 Å². The van der Waals surface area contributed by atoms with E-state index in [-0.39, 0.29) is 6.04 Å². The number of rotatable bonds is 5. The number of hydrogen-bond donors (Lipinski definition) is 1. The Hall–Kier alpha value is -1.59. The van der Waals surface area contributed by atoms with Crippen LogP contribution in [0.3, 0.4) is 0 Å². The molecule has 2 aromatic rings. The molecule has 114 valence electrons. The van der Waals surface area contributed by atoms with E-state index in [1.807, 2.05) is 36.1 Å². The molecule has 0 saturated carbocycles. The van der Waals surface area contributed by atoms with Crippen LogP contribution in [0.15, 0.2) is 35.2 Å². The first-order valence-corrected chi connectivity index (χ1v) is 7.66. The number of nitrogens with one attached hydrogen (secondary N) is 1. The number of nitrogens with zero attached hydrogens (tertiary/aromatic N) is 3. The van der Waals surface area contributed by atoms with Gasteiger partial charge in [-0.3, -0.25) is 0 Å². The van der Waals surface area contributed by atoms with E-state index in [4.69, 9.17) is 4.42 Å². The Morgan fingerprint density at radius 2 is 2.38 bits per heavy atom. The van der Waals surface area contributed by atoms with Gasteiger partial charge in [0.2, 0.25) is 0 Å². The second-order valence-electron chi connectivity index (χ2n) is 6.02. The summed E-state index contributed by atoms with van der Waals surface area (Å²) >= 11 is 0. The molecule has 1 fully saturated rings. The maximum absolute atomic E-state index is 5.61. The molecule has 0 bridgehead atoms. The molecule has 1 aliphatic heterocycles. The van der Waals surface area contributed by atoms with Crippen molar-refractivity contribution >= 4 is 0 Å². The van der Waals surface area contributed by atoms with Crippen molar-refractivity contribution in [2.24, 2.45) is 13.0 Å². The second-order valence-corrected chi connectivity index (χ2v) is 6.02. The van der Waals surface area contributed by atoms with Crippen LogP contribution in [0.1, 0.15) is 30.5 Å². The lowest BCUT2D eigenvalue weighted by Gasteiger charge is -2.30. The van der Waals surface area contributed by atoms with E-state index >= 15 is 0 Å². The highest BCUT2D eigenvalue weighted by Crippen LogP contribution is 2.22.